The molecule has 0 spiro atoms. The molecule has 2 fully saturated rings. The molecule has 32 heavy (non-hydrogen) atoms. The number of aromatic hydroxyl groups is 1. The van der Waals surface area contributed by atoms with E-state index in [0.717, 1.165) is 33.0 Å². The van der Waals surface area contributed by atoms with Crippen LogP contribution in [-0.4, -0.2) is 26.1 Å². The van der Waals surface area contributed by atoms with E-state index in [1.165, 1.54) is 63.4 Å². The standard InChI is InChI=1S/C25H40OS6/c1-5-11-21-23-17-24(30-32-29-23)22(28-31-27-21)13-10-8-6-7-9-12-18-14-15-19(20(26)16-18)25(2,3)4/h14-16,21-24,26H,5-13,17H2,1-4H3. The highest BCUT2D eigenvalue weighted by Crippen LogP contribution is 2.59. The van der Waals surface area contributed by atoms with Gasteiger partial charge in [-0.1, -0.05) is 115 Å². The van der Waals surface area contributed by atoms with E-state index in [4.69, 9.17) is 0 Å². The summed E-state index contributed by atoms with van der Waals surface area (Å²) in [5.74, 6) is 0.461. The van der Waals surface area contributed by atoms with Crippen LogP contribution in [-0.2, 0) is 11.8 Å². The van der Waals surface area contributed by atoms with Crippen molar-refractivity contribution in [3.8, 4) is 5.75 Å². The van der Waals surface area contributed by atoms with Crippen molar-refractivity contribution < 1.29 is 5.11 Å². The summed E-state index contributed by atoms with van der Waals surface area (Å²) in [6.45, 7) is 8.79. The Hall–Kier alpha value is 1.12. The third-order valence-electron chi connectivity index (χ3n) is 6.34. The molecule has 0 aromatic heterocycles. The predicted octanol–water partition coefficient (Wildman–Crippen LogP) is 10.3. The van der Waals surface area contributed by atoms with Gasteiger partial charge < -0.3 is 5.11 Å². The van der Waals surface area contributed by atoms with E-state index in [1.807, 2.05) is 6.07 Å². The lowest BCUT2D eigenvalue weighted by Gasteiger charge is -2.38. The SMILES string of the molecule is CCCC1SSSC(CCCCCCCc2ccc(C(C)(C)C)c(O)c2)C2CC1SSS2. The summed E-state index contributed by atoms with van der Waals surface area (Å²) in [5, 5.41) is 13.7. The van der Waals surface area contributed by atoms with Gasteiger partial charge in [-0.3, -0.25) is 0 Å². The van der Waals surface area contributed by atoms with E-state index in [-0.39, 0.29) is 5.41 Å². The molecule has 0 amide bonds. The van der Waals surface area contributed by atoms with Crippen molar-refractivity contribution >= 4 is 62.8 Å². The molecule has 1 N–H and O–H groups in total. The van der Waals surface area contributed by atoms with Crippen LogP contribution in [0.25, 0.3) is 0 Å². The molecule has 2 bridgehead atoms. The van der Waals surface area contributed by atoms with Gasteiger partial charge in [0, 0.05) is 21.0 Å². The first-order chi connectivity index (χ1) is 15.4. The highest BCUT2D eigenvalue weighted by molar-refractivity contribution is 9.11. The number of benzene rings is 1. The zero-order valence-corrected chi connectivity index (χ0v) is 24.9. The Morgan fingerprint density at radius 2 is 1.47 bits per heavy atom. The molecule has 0 radical (unpaired) electrons. The topological polar surface area (TPSA) is 20.2 Å². The number of rotatable bonds is 10. The molecule has 7 heteroatoms. The second-order valence-corrected chi connectivity index (χ2v) is 19.1. The maximum Gasteiger partial charge on any atom is 0.119 e. The van der Waals surface area contributed by atoms with Crippen LogP contribution < -0.4 is 0 Å². The lowest BCUT2D eigenvalue weighted by atomic mass is 9.85. The van der Waals surface area contributed by atoms with Crippen LogP contribution in [0.4, 0.5) is 0 Å². The molecule has 1 aromatic carbocycles. The van der Waals surface area contributed by atoms with Crippen molar-refractivity contribution in [1.29, 1.82) is 0 Å². The number of fused-ring (bicyclic) bond motifs is 2. The Labute approximate surface area is 219 Å². The summed E-state index contributed by atoms with van der Waals surface area (Å²) < 4.78 is 0. The fourth-order valence-electron chi connectivity index (χ4n) is 4.43. The Morgan fingerprint density at radius 1 is 0.844 bits per heavy atom. The molecule has 182 valence electrons. The third kappa shape index (κ3) is 8.65. The number of hydrogen-bond donors (Lipinski definition) is 1. The first-order valence-corrected chi connectivity index (χ1v) is 19.4. The van der Waals surface area contributed by atoms with Gasteiger partial charge in [-0.25, -0.2) is 0 Å². The number of hydrogen-bond acceptors (Lipinski definition) is 7. The lowest BCUT2D eigenvalue weighted by Crippen LogP contribution is -2.31. The largest absolute Gasteiger partial charge is 0.508 e. The minimum Gasteiger partial charge on any atom is -0.508 e. The smallest absolute Gasteiger partial charge is 0.119 e. The maximum atomic E-state index is 10.4. The average molecular weight is 549 g/mol. The molecule has 2 heterocycles. The molecule has 0 aliphatic carbocycles. The van der Waals surface area contributed by atoms with Crippen molar-refractivity contribution in [3.05, 3.63) is 29.3 Å². The Morgan fingerprint density at radius 3 is 2.12 bits per heavy atom. The summed E-state index contributed by atoms with van der Waals surface area (Å²) in [7, 11) is 12.8. The van der Waals surface area contributed by atoms with E-state index in [9.17, 15) is 5.11 Å². The fourth-order valence-corrected chi connectivity index (χ4v) is 17.3. The van der Waals surface area contributed by atoms with Gasteiger partial charge >= 0.3 is 0 Å². The zero-order chi connectivity index (χ0) is 23.0. The highest BCUT2D eigenvalue weighted by atomic mass is 33.5. The van der Waals surface area contributed by atoms with E-state index < -0.39 is 0 Å². The van der Waals surface area contributed by atoms with Gasteiger partial charge in [0.05, 0.1) is 0 Å². The van der Waals surface area contributed by atoms with Crippen molar-refractivity contribution in [2.75, 3.05) is 0 Å². The third-order valence-corrected chi connectivity index (χ3v) is 16.9. The second kappa shape index (κ2) is 14.0. The van der Waals surface area contributed by atoms with Gasteiger partial charge in [0.2, 0.25) is 0 Å². The molecule has 2 saturated heterocycles. The molecule has 4 atom stereocenters. The second-order valence-electron chi connectivity index (χ2n) is 10.1. The number of phenols is 1. The van der Waals surface area contributed by atoms with Crippen molar-refractivity contribution in [3.63, 3.8) is 0 Å². The summed E-state index contributed by atoms with van der Waals surface area (Å²) in [6, 6.07) is 6.31. The molecule has 0 saturated carbocycles. The molecule has 1 nitrogen and oxygen atoms in total. The first kappa shape index (κ1) is 27.7. The summed E-state index contributed by atoms with van der Waals surface area (Å²) in [6.07, 6.45) is 13.2. The summed E-state index contributed by atoms with van der Waals surface area (Å²) in [4.78, 5) is 0. The van der Waals surface area contributed by atoms with Gasteiger partial charge in [0.25, 0.3) is 0 Å². The van der Waals surface area contributed by atoms with E-state index in [0.29, 0.717) is 5.75 Å². The van der Waals surface area contributed by atoms with Crippen molar-refractivity contribution in [2.24, 2.45) is 0 Å². The summed E-state index contributed by atoms with van der Waals surface area (Å²) >= 11 is 0. The molecule has 4 unspecified atom stereocenters. The van der Waals surface area contributed by atoms with Crippen LogP contribution in [0.2, 0.25) is 0 Å². The maximum absolute atomic E-state index is 10.4. The van der Waals surface area contributed by atoms with E-state index in [2.05, 4.69) is 103 Å². The molecular weight excluding hydrogens is 509 g/mol. The predicted molar refractivity (Wildman–Crippen MR) is 158 cm³/mol. The van der Waals surface area contributed by atoms with Crippen LogP contribution in [0, 0.1) is 0 Å². The van der Waals surface area contributed by atoms with Gasteiger partial charge in [-0.05, 0) is 74.4 Å². The first-order valence-electron chi connectivity index (χ1n) is 12.2. The highest BCUT2D eigenvalue weighted by Gasteiger charge is 2.37. The van der Waals surface area contributed by atoms with Gasteiger partial charge in [-0.2, -0.15) is 0 Å². The van der Waals surface area contributed by atoms with Crippen LogP contribution in [0.1, 0.15) is 96.6 Å². The quantitative estimate of drug-likeness (QED) is 0.229. The van der Waals surface area contributed by atoms with Gasteiger partial charge in [0.15, 0.2) is 0 Å². The lowest BCUT2D eigenvalue weighted by molar-refractivity contribution is 0.445. The van der Waals surface area contributed by atoms with Crippen LogP contribution in [0.3, 0.4) is 0 Å². The van der Waals surface area contributed by atoms with Gasteiger partial charge in [0.1, 0.15) is 5.75 Å². The zero-order valence-electron chi connectivity index (χ0n) is 20.0. The summed E-state index contributed by atoms with van der Waals surface area (Å²) in [5.41, 5.74) is 2.32. The average Bonchev–Trinajstić information content (AvgIpc) is 2.75. The molecule has 2 aliphatic rings. The van der Waals surface area contributed by atoms with Crippen LogP contribution >= 0.6 is 62.8 Å². The van der Waals surface area contributed by atoms with Gasteiger partial charge in [-0.15, -0.1) is 0 Å². The van der Waals surface area contributed by atoms with E-state index >= 15 is 0 Å². The van der Waals surface area contributed by atoms with E-state index in [1.54, 1.807) is 0 Å². The molecular formula is C25H40OS6. The number of aryl methyl sites for hydroxylation is 1. The minimum atomic E-state index is 0.000351. The molecule has 3 rings (SSSR count). The molecule has 1 aromatic rings. The Balaban J connectivity index is 1.32. The molecule has 2 aliphatic heterocycles. The van der Waals surface area contributed by atoms with Crippen LogP contribution in [0.15, 0.2) is 18.2 Å². The number of phenolic OH excluding ortho intramolecular Hbond substituents is 1. The van der Waals surface area contributed by atoms with Crippen molar-refractivity contribution in [2.45, 2.75) is 118 Å². The number of unbranched alkanes of at least 4 members (excludes halogenated alkanes) is 4. The van der Waals surface area contributed by atoms with Crippen LogP contribution in [0.5, 0.6) is 5.75 Å². The minimum absolute atomic E-state index is 0.000351. The normalized spacial score (nSPS) is 26.5. The fraction of sp³-hybridized carbons (Fsp3) is 0.760. The Bertz CT molecular complexity index is 691. The van der Waals surface area contributed by atoms with Crippen molar-refractivity contribution in [1.82, 2.24) is 0 Å². The monoisotopic (exact) mass is 548 g/mol. The Kier molecular flexibility index (Phi) is 12.1.